The van der Waals surface area contributed by atoms with Crippen LogP contribution in [0.25, 0.3) is 0 Å². The lowest BCUT2D eigenvalue weighted by Crippen LogP contribution is -2.50. The van der Waals surface area contributed by atoms with Crippen LogP contribution in [0.1, 0.15) is 17.7 Å². The van der Waals surface area contributed by atoms with E-state index < -0.39 is 0 Å². The van der Waals surface area contributed by atoms with Gasteiger partial charge in [-0.2, -0.15) is 0 Å². The van der Waals surface area contributed by atoms with Crippen LogP contribution in [-0.2, 0) is 24.3 Å². The number of nitrogens with zero attached hydrogens (tertiary/aromatic N) is 4. The van der Waals surface area contributed by atoms with E-state index in [-0.39, 0.29) is 11.8 Å². The molecule has 0 N–H and O–H groups in total. The van der Waals surface area contributed by atoms with Crippen molar-refractivity contribution in [3.63, 3.8) is 0 Å². The van der Waals surface area contributed by atoms with Crippen molar-refractivity contribution in [3.8, 4) is 5.75 Å². The number of imidazole rings is 1. The van der Waals surface area contributed by atoms with E-state index in [0.717, 1.165) is 68.4 Å². The number of aryl methyl sites for hydroxylation is 1. The second kappa shape index (κ2) is 7.90. The summed E-state index contributed by atoms with van der Waals surface area (Å²) in [4.78, 5) is 21.5. The van der Waals surface area contributed by atoms with E-state index in [1.807, 2.05) is 35.6 Å². The maximum Gasteiger partial charge on any atom is 0.227 e. The Hall–Kier alpha value is -2.05. The fraction of sp³-hybridized carbons (Fsp3) is 0.500. The van der Waals surface area contributed by atoms with Crippen LogP contribution in [0, 0.1) is 5.92 Å². The average Bonchev–Trinajstić information content (AvgIpc) is 3.16. The molecule has 0 radical (unpaired) electrons. The summed E-state index contributed by atoms with van der Waals surface area (Å²) in [5, 5.41) is 0.718. The zero-order valence-corrected chi connectivity index (χ0v) is 16.4. The molecule has 2 aliphatic rings. The Balaban J connectivity index is 1.33. The first-order valence-electron chi connectivity index (χ1n) is 9.46. The Morgan fingerprint density at radius 3 is 2.89 bits per heavy atom. The second-order valence-corrected chi connectivity index (χ2v) is 7.77. The number of halogens is 1. The van der Waals surface area contributed by atoms with Gasteiger partial charge in [0.25, 0.3) is 0 Å². The molecule has 27 heavy (non-hydrogen) atoms. The molecule has 0 bridgehead atoms. The van der Waals surface area contributed by atoms with Crippen LogP contribution < -0.4 is 4.74 Å². The maximum atomic E-state index is 12.9. The van der Waals surface area contributed by atoms with Crippen molar-refractivity contribution in [3.05, 3.63) is 47.0 Å². The average molecular weight is 389 g/mol. The van der Waals surface area contributed by atoms with Gasteiger partial charge in [0, 0.05) is 61.7 Å². The second-order valence-electron chi connectivity index (χ2n) is 7.33. The van der Waals surface area contributed by atoms with Gasteiger partial charge in [0.1, 0.15) is 5.75 Å². The molecule has 0 unspecified atom stereocenters. The molecule has 0 saturated carbocycles. The SMILES string of the molecule is COc1ccc(Cl)cc1CN1CCN(C(=O)[C@@H]2CCc3cncn3C2)CC1. The molecule has 1 aromatic heterocycles. The van der Waals surface area contributed by atoms with Gasteiger partial charge in [-0.1, -0.05) is 11.6 Å². The Kier molecular flexibility index (Phi) is 5.36. The lowest BCUT2D eigenvalue weighted by Gasteiger charge is -2.37. The highest BCUT2D eigenvalue weighted by atomic mass is 35.5. The molecule has 1 atom stereocenters. The molecule has 1 amide bonds. The normalized spacial score (nSPS) is 20.4. The summed E-state index contributed by atoms with van der Waals surface area (Å²) in [6.07, 6.45) is 5.60. The number of amides is 1. The summed E-state index contributed by atoms with van der Waals surface area (Å²) in [5.41, 5.74) is 2.32. The van der Waals surface area contributed by atoms with Crippen LogP contribution in [0.4, 0.5) is 0 Å². The van der Waals surface area contributed by atoms with Crippen LogP contribution in [0.3, 0.4) is 0 Å². The highest BCUT2D eigenvalue weighted by Gasteiger charge is 2.30. The molecular weight excluding hydrogens is 364 g/mol. The van der Waals surface area contributed by atoms with Crippen LogP contribution >= 0.6 is 11.6 Å². The number of piperazine rings is 1. The van der Waals surface area contributed by atoms with Crippen LogP contribution in [0.15, 0.2) is 30.7 Å². The number of carbonyl (C=O) groups is 1. The Morgan fingerprint density at radius 2 is 2.11 bits per heavy atom. The summed E-state index contributed by atoms with van der Waals surface area (Å²) in [7, 11) is 1.68. The highest BCUT2D eigenvalue weighted by Crippen LogP contribution is 2.25. The lowest BCUT2D eigenvalue weighted by molar-refractivity contribution is -0.138. The van der Waals surface area contributed by atoms with Gasteiger partial charge in [-0.15, -0.1) is 0 Å². The predicted octanol–water partition coefficient (Wildman–Crippen LogP) is 2.45. The van der Waals surface area contributed by atoms with Gasteiger partial charge >= 0.3 is 0 Å². The van der Waals surface area contributed by atoms with Gasteiger partial charge in [0.15, 0.2) is 0 Å². The third-order valence-corrected chi connectivity index (χ3v) is 5.87. The van der Waals surface area contributed by atoms with Gasteiger partial charge in [-0.3, -0.25) is 9.69 Å². The van der Waals surface area contributed by atoms with Gasteiger partial charge in [-0.05, 0) is 31.0 Å². The number of ether oxygens (including phenoxy) is 1. The molecule has 144 valence electrons. The number of rotatable bonds is 4. The first kappa shape index (κ1) is 18.3. The van der Waals surface area contributed by atoms with Crippen molar-refractivity contribution in [2.45, 2.75) is 25.9 Å². The topological polar surface area (TPSA) is 50.6 Å². The van der Waals surface area contributed by atoms with E-state index in [1.165, 1.54) is 5.69 Å². The lowest BCUT2D eigenvalue weighted by atomic mass is 9.96. The van der Waals surface area contributed by atoms with Gasteiger partial charge in [0.05, 0.1) is 19.4 Å². The molecule has 1 saturated heterocycles. The first-order valence-corrected chi connectivity index (χ1v) is 9.84. The fourth-order valence-electron chi connectivity index (χ4n) is 4.07. The van der Waals surface area contributed by atoms with Gasteiger partial charge < -0.3 is 14.2 Å². The van der Waals surface area contributed by atoms with Crippen LogP contribution in [-0.4, -0.2) is 58.5 Å². The molecule has 2 aliphatic heterocycles. The zero-order valence-electron chi connectivity index (χ0n) is 15.6. The smallest absolute Gasteiger partial charge is 0.227 e. The summed E-state index contributed by atoms with van der Waals surface area (Å²) in [5.74, 6) is 1.22. The summed E-state index contributed by atoms with van der Waals surface area (Å²) >= 11 is 6.14. The Labute approximate surface area is 164 Å². The predicted molar refractivity (Wildman–Crippen MR) is 104 cm³/mol. The minimum Gasteiger partial charge on any atom is -0.496 e. The molecule has 4 rings (SSSR count). The Morgan fingerprint density at radius 1 is 1.30 bits per heavy atom. The quantitative estimate of drug-likeness (QED) is 0.807. The molecule has 0 aliphatic carbocycles. The van der Waals surface area contributed by atoms with Crippen molar-refractivity contribution >= 4 is 17.5 Å². The van der Waals surface area contributed by atoms with Gasteiger partial charge in [0.2, 0.25) is 5.91 Å². The molecule has 0 spiro atoms. The summed E-state index contributed by atoms with van der Waals surface area (Å²) < 4.78 is 7.56. The molecule has 1 aromatic carbocycles. The maximum absolute atomic E-state index is 12.9. The minimum absolute atomic E-state index is 0.0753. The van der Waals surface area contributed by atoms with E-state index in [2.05, 4.69) is 14.5 Å². The molecule has 6 nitrogen and oxygen atoms in total. The first-order chi connectivity index (χ1) is 13.1. The molecular formula is C20H25ClN4O2. The van der Waals surface area contributed by atoms with Crippen molar-refractivity contribution in [2.24, 2.45) is 5.92 Å². The highest BCUT2D eigenvalue weighted by molar-refractivity contribution is 6.30. The number of benzene rings is 1. The van der Waals surface area contributed by atoms with Crippen molar-refractivity contribution in [1.29, 1.82) is 0 Å². The van der Waals surface area contributed by atoms with Crippen molar-refractivity contribution in [1.82, 2.24) is 19.4 Å². The fourth-order valence-corrected chi connectivity index (χ4v) is 4.26. The molecule has 1 fully saturated rings. The van der Waals surface area contributed by atoms with Crippen molar-refractivity contribution < 1.29 is 9.53 Å². The van der Waals surface area contributed by atoms with E-state index in [1.54, 1.807) is 7.11 Å². The van der Waals surface area contributed by atoms with Gasteiger partial charge in [-0.25, -0.2) is 4.98 Å². The molecule has 2 aromatic rings. The van der Waals surface area contributed by atoms with Crippen molar-refractivity contribution in [2.75, 3.05) is 33.3 Å². The zero-order chi connectivity index (χ0) is 18.8. The summed E-state index contributed by atoms with van der Waals surface area (Å²) in [6.45, 7) is 4.82. The van der Waals surface area contributed by atoms with E-state index in [9.17, 15) is 4.79 Å². The van der Waals surface area contributed by atoms with E-state index >= 15 is 0 Å². The summed E-state index contributed by atoms with van der Waals surface area (Å²) in [6, 6.07) is 5.71. The Bertz CT molecular complexity index is 814. The monoisotopic (exact) mass is 388 g/mol. The number of aromatic nitrogens is 2. The largest absolute Gasteiger partial charge is 0.496 e. The van der Waals surface area contributed by atoms with Crippen LogP contribution in [0.2, 0.25) is 5.02 Å². The minimum atomic E-state index is 0.0753. The number of carbonyl (C=O) groups excluding carboxylic acids is 1. The number of hydrogen-bond donors (Lipinski definition) is 0. The van der Waals surface area contributed by atoms with E-state index in [0.29, 0.717) is 0 Å². The molecule has 7 heteroatoms. The van der Waals surface area contributed by atoms with Crippen LogP contribution in [0.5, 0.6) is 5.75 Å². The standard InChI is InChI=1S/C20H25ClN4O2/c1-27-19-5-3-17(21)10-16(19)12-23-6-8-24(9-7-23)20(26)15-2-4-18-11-22-14-25(18)13-15/h3,5,10-11,14-15H,2,4,6-9,12-13H2,1H3/t15-/m1/s1. The number of hydrogen-bond acceptors (Lipinski definition) is 4. The number of fused-ring (bicyclic) bond motifs is 1. The third kappa shape index (κ3) is 3.96. The number of methoxy groups -OCH3 is 1. The molecule has 3 heterocycles. The van der Waals surface area contributed by atoms with E-state index in [4.69, 9.17) is 16.3 Å². The third-order valence-electron chi connectivity index (χ3n) is 5.63.